The van der Waals surface area contributed by atoms with Crippen LogP contribution in [0.5, 0.6) is 0 Å². The fourth-order valence-electron chi connectivity index (χ4n) is 2.45. The predicted molar refractivity (Wildman–Crippen MR) is 102 cm³/mol. The molecule has 5 nitrogen and oxygen atoms in total. The molecule has 4 aromatic rings. The quantitative estimate of drug-likeness (QED) is 0.511. The molecule has 0 fully saturated rings. The summed E-state index contributed by atoms with van der Waals surface area (Å²) in [4.78, 5) is 24.8. The number of hydrogen-bond acceptors (Lipinski definition) is 5. The highest BCUT2D eigenvalue weighted by molar-refractivity contribution is 8.00. The highest BCUT2D eigenvalue weighted by Crippen LogP contribution is 2.35. The number of para-hydroxylation sites is 2. The van der Waals surface area contributed by atoms with Crippen molar-refractivity contribution in [2.75, 3.05) is 5.32 Å². The number of nitrogens with zero attached hydrogens (tertiary/aromatic N) is 2. The molecule has 1 atom stereocenters. The summed E-state index contributed by atoms with van der Waals surface area (Å²) in [5, 5.41) is 5.59. The van der Waals surface area contributed by atoms with Crippen molar-refractivity contribution in [2.45, 2.75) is 10.4 Å². The number of thiazole rings is 1. The van der Waals surface area contributed by atoms with Crippen LogP contribution in [0.15, 0.2) is 71.3 Å². The Morgan fingerprint density at radius 1 is 1.12 bits per heavy atom. The average Bonchev–Trinajstić information content (AvgIpc) is 3.29. The van der Waals surface area contributed by atoms with Crippen LogP contribution in [0.4, 0.5) is 5.13 Å². The number of thioether (sulfide) groups is 1. The molecule has 2 aromatic carbocycles. The van der Waals surface area contributed by atoms with Gasteiger partial charge >= 0.3 is 0 Å². The lowest BCUT2D eigenvalue weighted by molar-refractivity contribution is -0.115. The third-order valence-electron chi connectivity index (χ3n) is 3.60. The smallest absolute Gasteiger partial charge is 0.244 e. The number of nitrogens with one attached hydrogen (secondary N) is 2. The van der Waals surface area contributed by atoms with Crippen LogP contribution < -0.4 is 5.32 Å². The van der Waals surface area contributed by atoms with E-state index in [0.717, 1.165) is 16.6 Å². The van der Waals surface area contributed by atoms with Gasteiger partial charge in [0, 0.05) is 11.6 Å². The number of aromatic nitrogens is 3. The van der Waals surface area contributed by atoms with Gasteiger partial charge in [0.2, 0.25) is 5.91 Å². The molecule has 4 rings (SSSR count). The van der Waals surface area contributed by atoms with Crippen molar-refractivity contribution in [3.8, 4) is 0 Å². The number of carbonyl (C=O) groups is 1. The largest absolute Gasteiger partial charge is 0.333 e. The molecule has 0 unspecified atom stereocenters. The fourth-order valence-corrected chi connectivity index (χ4v) is 3.99. The molecular weight excluding hydrogens is 352 g/mol. The summed E-state index contributed by atoms with van der Waals surface area (Å²) in [6.45, 7) is 0. The lowest BCUT2D eigenvalue weighted by Crippen LogP contribution is -2.19. The molecule has 0 aliphatic rings. The first-order chi connectivity index (χ1) is 12.3. The molecule has 0 aliphatic carbocycles. The fraction of sp³-hybridized carbons (Fsp3) is 0.0556. The van der Waals surface area contributed by atoms with E-state index in [1.54, 1.807) is 6.20 Å². The topological polar surface area (TPSA) is 70.7 Å². The van der Waals surface area contributed by atoms with Gasteiger partial charge in [0.15, 0.2) is 10.3 Å². The first-order valence-electron chi connectivity index (χ1n) is 7.66. The highest BCUT2D eigenvalue weighted by atomic mass is 32.2. The van der Waals surface area contributed by atoms with Crippen LogP contribution >= 0.6 is 23.1 Å². The molecule has 7 heteroatoms. The Labute approximate surface area is 152 Å². The van der Waals surface area contributed by atoms with E-state index < -0.39 is 5.25 Å². The summed E-state index contributed by atoms with van der Waals surface area (Å²) >= 11 is 2.79. The predicted octanol–water partition coefficient (Wildman–Crippen LogP) is 4.49. The Morgan fingerprint density at radius 2 is 1.92 bits per heavy atom. The van der Waals surface area contributed by atoms with Crippen molar-refractivity contribution >= 4 is 45.2 Å². The number of H-pyrrole nitrogens is 1. The number of fused-ring (bicyclic) bond motifs is 1. The van der Waals surface area contributed by atoms with Crippen LogP contribution in [0.25, 0.3) is 11.0 Å². The number of hydrogen-bond donors (Lipinski definition) is 2. The number of anilines is 1. The van der Waals surface area contributed by atoms with Gasteiger partial charge in [0.1, 0.15) is 5.25 Å². The minimum Gasteiger partial charge on any atom is -0.333 e. The van der Waals surface area contributed by atoms with E-state index in [1.807, 2.05) is 60.0 Å². The van der Waals surface area contributed by atoms with Gasteiger partial charge < -0.3 is 10.3 Å². The van der Waals surface area contributed by atoms with Gasteiger partial charge in [-0.25, -0.2) is 9.97 Å². The van der Waals surface area contributed by atoms with Gasteiger partial charge in [-0.1, -0.05) is 54.2 Å². The van der Waals surface area contributed by atoms with E-state index in [1.165, 1.54) is 23.1 Å². The molecule has 124 valence electrons. The normalized spacial score (nSPS) is 12.2. The molecule has 0 spiro atoms. The second-order valence-corrected chi connectivity index (χ2v) is 7.28. The van der Waals surface area contributed by atoms with Crippen molar-refractivity contribution in [1.82, 2.24) is 15.0 Å². The number of rotatable bonds is 5. The van der Waals surface area contributed by atoms with E-state index in [9.17, 15) is 4.79 Å². The average molecular weight is 366 g/mol. The lowest BCUT2D eigenvalue weighted by atomic mass is 10.1. The van der Waals surface area contributed by atoms with Crippen LogP contribution in [-0.2, 0) is 4.79 Å². The third-order valence-corrected chi connectivity index (χ3v) is 5.43. The molecule has 0 aliphatic heterocycles. The van der Waals surface area contributed by atoms with Gasteiger partial charge in [-0.3, -0.25) is 4.79 Å². The molecule has 0 bridgehead atoms. The number of benzene rings is 2. The first kappa shape index (κ1) is 15.9. The van der Waals surface area contributed by atoms with E-state index in [0.29, 0.717) is 10.3 Å². The van der Waals surface area contributed by atoms with E-state index in [4.69, 9.17) is 0 Å². The Bertz CT molecular complexity index is 950. The summed E-state index contributed by atoms with van der Waals surface area (Å²) in [6, 6.07) is 17.5. The van der Waals surface area contributed by atoms with Crippen LogP contribution in [-0.4, -0.2) is 20.9 Å². The van der Waals surface area contributed by atoms with Gasteiger partial charge in [-0.15, -0.1) is 11.3 Å². The SMILES string of the molecule is O=C(Nc1nccs1)[C@H](Sc1nc2ccccc2[nH]1)c1ccccc1. The summed E-state index contributed by atoms with van der Waals surface area (Å²) < 4.78 is 0. The van der Waals surface area contributed by atoms with Crippen molar-refractivity contribution in [2.24, 2.45) is 0 Å². The zero-order valence-corrected chi connectivity index (χ0v) is 14.7. The second-order valence-electron chi connectivity index (χ2n) is 5.29. The van der Waals surface area contributed by atoms with Crippen LogP contribution in [0.1, 0.15) is 10.8 Å². The summed E-state index contributed by atoms with van der Waals surface area (Å²) in [5.74, 6) is -0.119. The third kappa shape index (κ3) is 3.57. The monoisotopic (exact) mass is 366 g/mol. The zero-order valence-electron chi connectivity index (χ0n) is 13.0. The Morgan fingerprint density at radius 3 is 2.68 bits per heavy atom. The van der Waals surface area contributed by atoms with Gasteiger partial charge in [-0.2, -0.15) is 0 Å². The molecule has 0 saturated carbocycles. The Kier molecular flexibility index (Phi) is 4.49. The second kappa shape index (κ2) is 7.08. The van der Waals surface area contributed by atoms with Crippen molar-refractivity contribution in [3.63, 3.8) is 0 Å². The van der Waals surface area contributed by atoms with E-state index in [2.05, 4.69) is 20.3 Å². The summed E-state index contributed by atoms with van der Waals surface area (Å²) in [6.07, 6.45) is 1.67. The van der Waals surface area contributed by atoms with Crippen LogP contribution in [0.3, 0.4) is 0 Å². The van der Waals surface area contributed by atoms with E-state index in [-0.39, 0.29) is 5.91 Å². The maximum absolute atomic E-state index is 12.8. The maximum atomic E-state index is 12.8. The molecule has 2 heterocycles. The Hall–Kier alpha value is -2.64. The minimum atomic E-state index is -0.425. The van der Waals surface area contributed by atoms with Gasteiger partial charge in [-0.05, 0) is 17.7 Å². The highest BCUT2D eigenvalue weighted by Gasteiger charge is 2.24. The zero-order chi connectivity index (χ0) is 17.1. The first-order valence-corrected chi connectivity index (χ1v) is 9.42. The Balaban J connectivity index is 1.63. The lowest BCUT2D eigenvalue weighted by Gasteiger charge is -2.14. The molecule has 0 radical (unpaired) electrons. The standard InChI is InChI=1S/C18H14N4OS2/c23-16(22-17-19-10-11-24-17)15(12-6-2-1-3-7-12)25-18-20-13-8-4-5-9-14(13)21-18/h1-11,15H,(H,20,21)(H,19,22,23)/t15-/m1/s1. The van der Waals surface area contributed by atoms with Gasteiger partial charge in [0.25, 0.3) is 0 Å². The van der Waals surface area contributed by atoms with Gasteiger partial charge in [0.05, 0.1) is 11.0 Å². The number of carbonyl (C=O) groups excluding carboxylic acids is 1. The molecule has 0 saturated heterocycles. The van der Waals surface area contributed by atoms with Crippen molar-refractivity contribution < 1.29 is 4.79 Å². The summed E-state index contributed by atoms with van der Waals surface area (Å²) in [5.41, 5.74) is 2.76. The van der Waals surface area contributed by atoms with Crippen molar-refractivity contribution in [1.29, 1.82) is 0 Å². The maximum Gasteiger partial charge on any atom is 0.244 e. The summed E-state index contributed by atoms with van der Waals surface area (Å²) in [7, 11) is 0. The molecular formula is C18H14N4OS2. The molecule has 2 N–H and O–H groups in total. The molecule has 1 amide bonds. The number of imidazole rings is 1. The molecule has 25 heavy (non-hydrogen) atoms. The number of aromatic amines is 1. The molecule has 2 aromatic heterocycles. The van der Waals surface area contributed by atoms with Crippen molar-refractivity contribution in [3.05, 3.63) is 71.7 Å². The van der Waals surface area contributed by atoms with Crippen LogP contribution in [0, 0.1) is 0 Å². The minimum absolute atomic E-state index is 0.119. The number of amides is 1. The van der Waals surface area contributed by atoms with E-state index >= 15 is 0 Å². The van der Waals surface area contributed by atoms with Crippen LogP contribution in [0.2, 0.25) is 0 Å².